The van der Waals surface area contributed by atoms with E-state index in [0.717, 1.165) is 12.0 Å². The summed E-state index contributed by atoms with van der Waals surface area (Å²) in [7, 11) is 0. The third-order valence-corrected chi connectivity index (χ3v) is 4.66. The standard InChI is InChI=1S/C13H25N3/c1-2-8-14-11(5-1)12-7-6-10-4-3-9-15-13(10)16-12/h10-16H,1-9H2. The number of fused-ring (bicyclic) bond motifs is 1. The summed E-state index contributed by atoms with van der Waals surface area (Å²) in [5.74, 6) is 0.897. The largest absolute Gasteiger partial charge is 0.312 e. The van der Waals surface area contributed by atoms with Crippen LogP contribution in [0.15, 0.2) is 0 Å². The van der Waals surface area contributed by atoms with Crippen molar-refractivity contribution in [3.63, 3.8) is 0 Å². The molecule has 0 amide bonds. The van der Waals surface area contributed by atoms with Crippen molar-refractivity contribution in [3.8, 4) is 0 Å². The van der Waals surface area contributed by atoms with Gasteiger partial charge in [0.2, 0.25) is 0 Å². The van der Waals surface area contributed by atoms with E-state index in [9.17, 15) is 0 Å². The van der Waals surface area contributed by atoms with Crippen LogP contribution in [-0.4, -0.2) is 31.3 Å². The van der Waals surface area contributed by atoms with Gasteiger partial charge in [-0.25, -0.2) is 0 Å². The molecule has 0 saturated carbocycles. The molecule has 4 atom stereocenters. The monoisotopic (exact) mass is 223 g/mol. The molecule has 0 aromatic carbocycles. The van der Waals surface area contributed by atoms with Gasteiger partial charge in [0.15, 0.2) is 0 Å². The lowest BCUT2D eigenvalue weighted by Crippen LogP contribution is -2.62. The van der Waals surface area contributed by atoms with Crippen molar-refractivity contribution in [2.24, 2.45) is 5.92 Å². The maximum atomic E-state index is 3.85. The summed E-state index contributed by atoms with van der Waals surface area (Å²) < 4.78 is 0. The molecule has 3 heterocycles. The highest BCUT2D eigenvalue weighted by Crippen LogP contribution is 2.28. The van der Waals surface area contributed by atoms with Crippen LogP contribution in [0.5, 0.6) is 0 Å². The van der Waals surface area contributed by atoms with Crippen LogP contribution in [-0.2, 0) is 0 Å². The summed E-state index contributed by atoms with van der Waals surface area (Å²) in [6.07, 6.45) is 10.4. The molecule has 0 bridgehead atoms. The molecule has 4 unspecified atom stereocenters. The quantitative estimate of drug-likeness (QED) is 0.625. The van der Waals surface area contributed by atoms with Crippen LogP contribution in [0.4, 0.5) is 0 Å². The van der Waals surface area contributed by atoms with E-state index in [1.165, 1.54) is 58.0 Å². The summed E-state index contributed by atoms with van der Waals surface area (Å²) in [5, 5.41) is 11.2. The predicted molar refractivity (Wildman–Crippen MR) is 66.3 cm³/mol. The van der Waals surface area contributed by atoms with Crippen molar-refractivity contribution in [1.29, 1.82) is 0 Å². The van der Waals surface area contributed by atoms with Gasteiger partial charge in [-0.1, -0.05) is 6.42 Å². The van der Waals surface area contributed by atoms with Crippen molar-refractivity contribution in [1.82, 2.24) is 16.0 Å². The molecule has 3 aliphatic rings. The number of hydrogen-bond donors (Lipinski definition) is 3. The molecule has 0 aromatic heterocycles. The molecule has 0 radical (unpaired) electrons. The van der Waals surface area contributed by atoms with E-state index in [1.54, 1.807) is 0 Å². The molecule has 3 fully saturated rings. The summed E-state index contributed by atoms with van der Waals surface area (Å²) in [6.45, 7) is 2.43. The molecule has 3 aliphatic heterocycles. The van der Waals surface area contributed by atoms with Gasteiger partial charge in [-0.15, -0.1) is 0 Å². The van der Waals surface area contributed by atoms with Crippen LogP contribution in [0.3, 0.4) is 0 Å². The van der Waals surface area contributed by atoms with Crippen LogP contribution >= 0.6 is 0 Å². The topological polar surface area (TPSA) is 36.1 Å². The molecule has 0 aliphatic carbocycles. The van der Waals surface area contributed by atoms with Crippen LogP contribution < -0.4 is 16.0 Å². The van der Waals surface area contributed by atoms with Gasteiger partial charge in [0, 0.05) is 12.1 Å². The average molecular weight is 223 g/mol. The Hall–Kier alpha value is -0.120. The number of rotatable bonds is 1. The molecular weight excluding hydrogens is 198 g/mol. The molecule has 92 valence electrons. The van der Waals surface area contributed by atoms with Crippen molar-refractivity contribution in [3.05, 3.63) is 0 Å². The molecule has 3 nitrogen and oxygen atoms in total. The Bertz CT molecular complexity index is 222. The van der Waals surface area contributed by atoms with Gasteiger partial charge in [-0.05, 0) is 57.5 Å². The Kier molecular flexibility index (Phi) is 3.46. The molecule has 0 aromatic rings. The van der Waals surface area contributed by atoms with E-state index < -0.39 is 0 Å². The first-order chi connectivity index (χ1) is 7.93. The lowest BCUT2D eigenvalue weighted by Gasteiger charge is -2.44. The fourth-order valence-corrected chi connectivity index (χ4v) is 3.71. The van der Waals surface area contributed by atoms with E-state index in [4.69, 9.17) is 0 Å². The summed E-state index contributed by atoms with van der Waals surface area (Å²) >= 11 is 0. The number of nitrogens with one attached hydrogen (secondary N) is 3. The van der Waals surface area contributed by atoms with Crippen molar-refractivity contribution in [2.75, 3.05) is 13.1 Å². The average Bonchev–Trinajstić information content (AvgIpc) is 2.39. The van der Waals surface area contributed by atoms with Gasteiger partial charge < -0.3 is 10.6 Å². The molecule has 3 rings (SSSR count). The first kappa shape index (κ1) is 11.0. The minimum atomic E-state index is 0.608. The predicted octanol–water partition coefficient (Wildman–Crippen LogP) is 1.21. The Labute approximate surface area is 98.8 Å². The first-order valence-corrected chi connectivity index (χ1v) is 7.16. The minimum absolute atomic E-state index is 0.608. The molecule has 3 heteroatoms. The summed E-state index contributed by atoms with van der Waals surface area (Å²) in [4.78, 5) is 0. The van der Waals surface area contributed by atoms with Crippen molar-refractivity contribution < 1.29 is 0 Å². The van der Waals surface area contributed by atoms with Gasteiger partial charge in [-0.3, -0.25) is 5.32 Å². The van der Waals surface area contributed by atoms with E-state index in [-0.39, 0.29) is 0 Å². The minimum Gasteiger partial charge on any atom is -0.312 e. The second kappa shape index (κ2) is 5.03. The van der Waals surface area contributed by atoms with Crippen molar-refractivity contribution in [2.45, 2.75) is 63.2 Å². The number of piperidine rings is 3. The van der Waals surface area contributed by atoms with E-state index in [1.807, 2.05) is 0 Å². The highest BCUT2D eigenvalue weighted by Gasteiger charge is 2.34. The fraction of sp³-hybridized carbons (Fsp3) is 1.00. The Morgan fingerprint density at radius 2 is 1.62 bits per heavy atom. The lowest BCUT2D eigenvalue weighted by molar-refractivity contribution is 0.133. The fourth-order valence-electron chi connectivity index (χ4n) is 3.71. The van der Waals surface area contributed by atoms with Gasteiger partial charge in [0.1, 0.15) is 0 Å². The smallest absolute Gasteiger partial charge is 0.0603 e. The van der Waals surface area contributed by atoms with Gasteiger partial charge >= 0.3 is 0 Å². The molecular formula is C13H25N3. The second-order valence-corrected chi connectivity index (χ2v) is 5.74. The first-order valence-electron chi connectivity index (χ1n) is 7.16. The molecule has 3 N–H and O–H groups in total. The van der Waals surface area contributed by atoms with E-state index >= 15 is 0 Å². The Morgan fingerprint density at radius 3 is 2.50 bits per heavy atom. The Morgan fingerprint density at radius 1 is 0.688 bits per heavy atom. The highest BCUT2D eigenvalue weighted by atomic mass is 15.2. The van der Waals surface area contributed by atoms with E-state index in [0.29, 0.717) is 12.2 Å². The van der Waals surface area contributed by atoms with Crippen LogP contribution in [0.25, 0.3) is 0 Å². The zero-order valence-electron chi connectivity index (χ0n) is 10.2. The highest BCUT2D eigenvalue weighted by molar-refractivity contribution is 4.94. The lowest BCUT2D eigenvalue weighted by atomic mass is 9.82. The molecule has 0 spiro atoms. The van der Waals surface area contributed by atoms with Crippen LogP contribution in [0.2, 0.25) is 0 Å². The van der Waals surface area contributed by atoms with E-state index in [2.05, 4.69) is 16.0 Å². The SMILES string of the molecule is C1CCC(C2CCC3CCCNC3N2)NC1. The Balaban J connectivity index is 1.57. The van der Waals surface area contributed by atoms with Gasteiger partial charge in [-0.2, -0.15) is 0 Å². The molecule has 16 heavy (non-hydrogen) atoms. The maximum Gasteiger partial charge on any atom is 0.0603 e. The second-order valence-electron chi connectivity index (χ2n) is 5.74. The number of hydrogen-bond acceptors (Lipinski definition) is 3. The van der Waals surface area contributed by atoms with Gasteiger partial charge in [0.05, 0.1) is 6.17 Å². The van der Waals surface area contributed by atoms with Gasteiger partial charge in [0.25, 0.3) is 0 Å². The molecule has 3 saturated heterocycles. The third-order valence-electron chi connectivity index (χ3n) is 4.66. The third kappa shape index (κ3) is 2.27. The van der Waals surface area contributed by atoms with Crippen molar-refractivity contribution >= 4 is 0 Å². The van der Waals surface area contributed by atoms with Crippen LogP contribution in [0.1, 0.15) is 44.9 Å². The zero-order valence-corrected chi connectivity index (χ0v) is 10.2. The summed E-state index contributed by atoms with van der Waals surface area (Å²) in [6, 6.07) is 1.45. The van der Waals surface area contributed by atoms with Crippen LogP contribution in [0, 0.1) is 5.92 Å². The summed E-state index contributed by atoms with van der Waals surface area (Å²) in [5.41, 5.74) is 0. The maximum absolute atomic E-state index is 3.85. The normalized spacial score (nSPS) is 45.0. The zero-order chi connectivity index (χ0) is 10.8.